The maximum atomic E-state index is 5.98. The molecule has 0 aliphatic heterocycles. The molecule has 2 heteroatoms. The molecule has 0 fully saturated rings. The van der Waals surface area contributed by atoms with Gasteiger partial charge in [0.05, 0.1) is 0 Å². The van der Waals surface area contributed by atoms with E-state index in [0.29, 0.717) is 0 Å². The van der Waals surface area contributed by atoms with Crippen LogP contribution < -0.4 is 14.6 Å². The minimum atomic E-state index is -2.22. The number of benzene rings is 3. The molecule has 3 rings (SSSR count). The standard InChI is InChI=1S/C14H21O.2C6H5.Bi/c1-2-3-4-5-6-10-13-15-14-11-8-7-9-12-14;2*1-2-4-6-5-3-1;/h8-9,11-12H,2-6,10,13H2,1H3;2*1-5H;. The quantitative estimate of drug-likeness (QED) is 0.235. The molecule has 0 saturated heterocycles. The van der Waals surface area contributed by atoms with Crippen molar-refractivity contribution in [2.45, 2.75) is 45.4 Å². The molecule has 0 amide bonds. The molecule has 0 aliphatic rings. The second-order valence-electron chi connectivity index (χ2n) is 7.12. The summed E-state index contributed by atoms with van der Waals surface area (Å²) in [4.78, 5) is 0. The Morgan fingerprint density at radius 1 is 0.571 bits per heavy atom. The minimum absolute atomic E-state index is 0.828. The molecule has 0 heterocycles. The van der Waals surface area contributed by atoms with Crippen molar-refractivity contribution in [1.29, 1.82) is 0 Å². The fraction of sp³-hybridized carbons (Fsp3) is 0.308. The summed E-state index contributed by atoms with van der Waals surface area (Å²) >= 11 is -2.22. The van der Waals surface area contributed by atoms with Gasteiger partial charge in [0.25, 0.3) is 0 Å². The van der Waals surface area contributed by atoms with E-state index in [9.17, 15) is 0 Å². The van der Waals surface area contributed by atoms with Gasteiger partial charge in [-0.3, -0.25) is 0 Å². The van der Waals surface area contributed by atoms with E-state index < -0.39 is 21.8 Å². The van der Waals surface area contributed by atoms with Crippen molar-refractivity contribution in [2.75, 3.05) is 6.61 Å². The normalized spacial score (nSPS) is 10.9. The predicted molar refractivity (Wildman–Crippen MR) is 123 cm³/mol. The summed E-state index contributed by atoms with van der Waals surface area (Å²) in [5.41, 5.74) is 0. The van der Waals surface area contributed by atoms with Crippen LogP contribution in [0.5, 0.6) is 5.75 Å². The Labute approximate surface area is 178 Å². The molecule has 0 radical (unpaired) electrons. The number of hydrogen-bond donors (Lipinski definition) is 0. The Morgan fingerprint density at radius 3 is 1.64 bits per heavy atom. The molecule has 146 valence electrons. The zero-order valence-electron chi connectivity index (χ0n) is 16.9. The van der Waals surface area contributed by atoms with E-state index in [0.717, 1.165) is 18.8 Å². The van der Waals surface area contributed by atoms with Gasteiger partial charge in [-0.05, 0) is 0 Å². The van der Waals surface area contributed by atoms with E-state index in [1.54, 1.807) is 0 Å². The van der Waals surface area contributed by atoms with Crippen molar-refractivity contribution in [2.24, 2.45) is 0 Å². The molecule has 3 aromatic rings. The molecule has 0 N–H and O–H groups in total. The van der Waals surface area contributed by atoms with Crippen LogP contribution in [-0.2, 0) is 0 Å². The van der Waals surface area contributed by atoms with Crippen LogP contribution in [0.25, 0.3) is 0 Å². The van der Waals surface area contributed by atoms with Gasteiger partial charge in [-0.1, -0.05) is 6.92 Å². The molecule has 0 atom stereocenters. The molecular weight excluding hydrogens is 537 g/mol. The van der Waals surface area contributed by atoms with Crippen molar-refractivity contribution >= 4 is 31.6 Å². The fourth-order valence-electron chi connectivity index (χ4n) is 3.37. The van der Waals surface area contributed by atoms with Crippen molar-refractivity contribution in [3.05, 3.63) is 84.9 Å². The van der Waals surface area contributed by atoms with Gasteiger partial charge < -0.3 is 0 Å². The number of hydrogen-bond acceptors (Lipinski definition) is 1. The van der Waals surface area contributed by atoms with Gasteiger partial charge in [-0.25, -0.2) is 0 Å². The third-order valence-corrected chi connectivity index (χ3v) is 14.4. The van der Waals surface area contributed by atoms with Crippen LogP contribution in [0.4, 0.5) is 0 Å². The van der Waals surface area contributed by atoms with E-state index in [2.05, 4.69) is 91.9 Å². The van der Waals surface area contributed by atoms with Crippen molar-refractivity contribution in [1.82, 2.24) is 0 Å². The van der Waals surface area contributed by atoms with E-state index in [4.69, 9.17) is 4.74 Å². The first kappa shape index (κ1) is 21.1. The first-order chi connectivity index (χ1) is 13.9. The Kier molecular flexibility index (Phi) is 9.04. The van der Waals surface area contributed by atoms with Crippen molar-refractivity contribution < 1.29 is 4.74 Å². The Hall–Kier alpha value is -1.66. The third kappa shape index (κ3) is 6.45. The first-order valence-electron chi connectivity index (χ1n) is 10.5. The SMILES string of the molecule is CCCCCCCCOc1cc[c]([Bi]([c]2ccccc2)[c]2ccccc2)cc1. The summed E-state index contributed by atoms with van der Waals surface area (Å²) in [5.74, 6) is 1.00. The van der Waals surface area contributed by atoms with Gasteiger partial charge in [0.2, 0.25) is 0 Å². The first-order valence-corrected chi connectivity index (χ1v) is 15.7. The second-order valence-corrected chi connectivity index (χ2v) is 15.7. The van der Waals surface area contributed by atoms with Gasteiger partial charge in [0.15, 0.2) is 0 Å². The van der Waals surface area contributed by atoms with Crippen molar-refractivity contribution in [3.63, 3.8) is 0 Å². The second kappa shape index (κ2) is 12.0. The monoisotopic (exact) mass is 568 g/mol. The van der Waals surface area contributed by atoms with Crippen LogP contribution in [0.3, 0.4) is 0 Å². The van der Waals surface area contributed by atoms with Gasteiger partial charge in [-0.2, -0.15) is 0 Å². The molecule has 0 unspecified atom stereocenters. The van der Waals surface area contributed by atoms with Crippen LogP contribution in [0.15, 0.2) is 84.9 Å². The zero-order chi connectivity index (χ0) is 19.4. The summed E-state index contributed by atoms with van der Waals surface area (Å²) in [5, 5.41) is 0. The topological polar surface area (TPSA) is 9.23 Å². The van der Waals surface area contributed by atoms with Crippen LogP contribution in [0, 0.1) is 0 Å². The molecule has 3 aromatic carbocycles. The zero-order valence-corrected chi connectivity index (χ0v) is 20.4. The van der Waals surface area contributed by atoms with Crippen LogP contribution in [0.1, 0.15) is 45.4 Å². The fourth-order valence-corrected chi connectivity index (χ4v) is 12.2. The molecule has 0 spiro atoms. The van der Waals surface area contributed by atoms with Crippen LogP contribution >= 0.6 is 0 Å². The van der Waals surface area contributed by atoms with E-state index in [1.807, 2.05) is 0 Å². The Bertz CT molecular complexity index is 744. The molecule has 28 heavy (non-hydrogen) atoms. The molecule has 0 saturated carbocycles. The van der Waals surface area contributed by atoms with Gasteiger partial charge in [-0.15, -0.1) is 0 Å². The predicted octanol–water partition coefficient (Wildman–Crippen LogP) is 4.94. The van der Waals surface area contributed by atoms with Crippen LogP contribution in [0.2, 0.25) is 0 Å². The molecule has 1 nitrogen and oxygen atoms in total. The number of ether oxygens (including phenoxy) is 1. The van der Waals surface area contributed by atoms with Gasteiger partial charge in [0, 0.05) is 0 Å². The average Bonchev–Trinajstić information content (AvgIpc) is 2.76. The summed E-state index contributed by atoms with van der Waals surface area (Å²) in [6, 6.07) is 31.0. The Balaban J connectivity index is 1.63. The summed E-state index contributed by atoms with van der Waals surface area (Å²) in [6.45, 7) is 3.09. The molecule has 0 bridgehead atoms. The van der Waals surface area contributed by atoms with Crippen molar-refractivity contribution in [3.8, 4) is 5.75 Å². The third-order valence-electron chi connectivity index (χ3n) is 4.89. The molecular formula is C26H31BiO. The van der Waals surface area contributed by atoms with Gasteiger partial charge >= 0.3 is 172 Å². The number of rotatable bonds is 11. The number of unbranched alkanes of at least 4 members (excludes halogenated alkanes) is 5. The van der Waals surface area contributed by atoms with E-state index in [1.165, 1.54) is 41.9 Å². The molecule has 0 aromatic heterocycles. The average molecular weight is 569 g/mol. The van der Waals surface area contributed by atoms with Crippen LogP contribution in [-0.4, -0.2) is 28.4 Å². The van der Waals surface area contributed by atoms with E-state index in [-0.39, 0.29) is 0 Å². The molecule has 0 aliphatic carbocycles. The summed E-state index contributed by atoms with van der Waals surface area (Å²) in [6.07, 6.45) is 7.79. The summed E-state index contributed by atoms with van der Waals surface area (Å²) in [7, 11) is 0. The van der Waals surface area contributed by atoms with E-state index >= 15 is 0 Å². The maximum absolute atomic E-state index is 5.98. The Morgan fingerprint density at radius 2 is 1.07 bits per heavy atom. The van der Waals surface area contributed by atoms with Gasteiger partial charge in [0.1, 0.15) is 0 Å². The summed E-state index contributed by atoms with van der Waals surface area (Å²) < 4.78 is 10.5.